The zero-order chi connectivity index (χ0) is 10.7. The molecule has 1 atom stereocenters. The van der Waals surface area contributed by atoms with Crippen molar-refractivity contribution >= 4 is 0 Å². The second-order valence-corrected chi connectivity index (χ2v) is 3.79. The minimum atomic E-state index is 0.130. The maximum absolute atomic E-state index is 10.0. The summed E-state index contributed by atoms with van der Waals surface area (Å²) < 4.78 is 5.39. The van der Waals surface area contributed by atoms with Crippen LogP contribution in [-0.4, -0.2) is 24.9 Å². The Balaban J connectivity index is 2.26. The Bertz CT molecular complexity index is 332. The van der Waals surface area contributed by atoms with E-state index in [4.69, 9.17) is 4.74 Å². The molecule has 1 heterocycles. The van der Waals surface area contributed by atoms with Crippen molar-refractivity contribution in [1.82, 2.24) is 5.32 Å². The maximum Gasteiger partial charge on any atom is 0.123 e. The van der Waals surface area contributed by atoms with Gasteiger partial charge in [-0.1, -0.05) is 25.1 Å². The van der Waals surface area contributed by atoms with Crippen LogP contribution in [0.25, 0.3) is 0 Å². The minimum absolute atomic E-state index is 0.130. The Labute approximate surface area is 90.1 Å². The third-order valence-corrected chi connectivity index (χ3v) is 2.83. The van der Waals surface area contributed by atoms with Gasteiger partial charge in [-0.15, -0.1) is 0 Å². The lowest BCUT2D eigenvalue weighted by Gasteiger charge is -2.25. The fraction of sp³-hybridized carbons (Fsp3) is 0.500. The molecule has 1 aliphatic heterocycles. The average Bonchev–Trinajstić information content (AvgIpc) is 2.30. The zero-order valence-electron chi connectivity index (χ0n) is 8.99. The summed E-state index contributed by atoms with van der Waals surface area (Å²) in [6, 6.07) is 6.04. The Kier molecular flexibility index (Phi) is 3.23. The van der Waals surface area contributed by atoms with Crippen LogP contribution in [0.2, 0.25) is 0 Å². The second kappa shape index (κ2) is 4.64. The van der Waals surface area contributed by atoms with Crippen molar-refractivity contribution in [3.05, 3.63) is 29.3 Å². The van der Waals surface area contributed by atoms with Gasteiger partial charge in [-0.05, 0) is 12.0 Å². The van der Waals surface area contributed by atoms with Gasteiger partial charge in [0.05, 0.1) is 19.3 Å². The van der Waals surface area contributed by atoms with E-state index < -0.39 is 0 Å². The Hall–Kier alpha value is -1.06. The topological polar surface area (TPSA) is 41.5 Å². The summed E-state index contributed by atoms with van der Waals surface area (Å²) in [6.07, 6.45) is 0.854. The Morgan fingerprint density at radius 3 is 3.07 bits per heavy atom. The van der Waals surface area contributed by atoms with Gasteiger partial charge in [0, 0.05) is 12.1 Å². The number of morpholine rings is 1. The summed E-state index contributed by atoms with van der Waals surface area (Å²) in [4.78, 5) is 0. The highest BCUT2D eigenvalue weighted by Crippen LogP contribution is 2.29. The van der Waals surface area contributed by atoms with Crippen molar-refractivity contribution in [2.75, 3.05) is 19.8 Å². The number of benzene rings is 1. The number of hydrogen-bond acceptors (Lipinski definition) is 3. The van der Waals surface area contributed by atoms with Gasteiger partial charge in [-0.25, -0.2) is 0 Å². The van der Waals surface area contributed by atoms with Gasteiger partial charge in [0.25, 0.3) is 0 Å². The first-order valence-corrected chi connectivity index (χ1v) is 5.44. The molecule has 2 rings (SSSR count). The highest BCUT2D eigenvalue weighted by Gasteiger charge is 2.19. The van der Waals surface area contributed by atoms with E-state index in [9.17, 15) is 5.11 Å². The van der Waals surface area contributed by atoms with E-state index in [0.29, 0.717) is 12.4 Å². The molecule has 1 aromatic rings. The number of para-hydroxylation sites is 1. The van der Waals surface area contributed by atoms with Gasteiger partial charge in [0.1, 0.15) is 5.75 Å². The lowest BCUT2D eigenvalue weighted by atomic mass is 10.0. The SMILES string of the molecule is CCc1cccc([C@@H]2COCCN2)c1O. The molecule has 2 N–H and O–H groups in total. The number of hydrogen-bond donors (Lipinski definition) is 2. The van der Waals surface area contributed by atoms with E-state index in [1.165, 1.54) is 0 Å². The van der Waals surface area contributed by atoms with E-state index >= 15 is 0 Å². The van der Waals surface area contributed by atoms with Crippen LogP contribution in [0.1, 0.15) is 24.1 Å². The van der Waals surface area contributed by atoms with Crippen molar-refractivity contribution in [1.29, 1.82) is 0 Å². The van der Waals surface area contributed by atoms with Gasteiger partial charge >= 0.3 is 0 Å². The molecule has 0 radical (unpaired) electrons. The first kappa shape index (κ1) is 10.5. The molecule has 0 aliphatic carbocycles. The molecule has 1 saturated heterocycles. The largest absolute Gasteiger partial charge is 0.507 e. The summed E-state index contributed by atoms with van der Waals surface area (Å²) in [7, 11) is 0. The van der Waals surface area contributed by atoms with E-state index in [1.54, 1.807) is 0 Å². The molecular weight excluding hydrogens is 190 g/mol. The number of aromatic hydroxyl groups is 1. The molecule has 0 amide bonds. The number of nitrogens with one attached hydrogen (secondary N) is 1. The van der Waals surface area contributed by atoms with Gasteiger partial charge in [-0.2, -0.15) is 0 Å². The second-order valence-electron chi connectivity index (χ2n) is 3.79. The molecule has 3 heteroatoms. The molecule has 0 bridgehead atoms. The van der Waals surface area contributed by atoms with Crippen LogP contribution in [0, 0.1) is 0 Å². The van der Waals surface area contributed by atoms with Crippen LogP contribution in [-0.2, 0) is 11.2 Å². The third kappa shape index (κ3) is 2.13. The molecular formula is C12H17NO2. The lowest BCUT2D eigenvalue weighted by molar-refractivity contribution is 0.0760. The quantitative estimate of drug-likeness (QED) is 0.774. The smallest absolute Gasteiger partial charge is 0.123 e. The maximum atomic E-state index is 10.0. The van der Waals surface area contributed by atoms with Crippen molar-refractivity contribution in [2.24, 2.45) is 0 Å². The van der Waals surface area contributed by atoms with E-state index in [-0.39, 0.29) is 6.04 Å². The molecule has 0 unspecified atom stereocenters. The Morgan fingerprint density at radius 1 is 1.53 bits per heavy atom. The molecule has 3 nitrogen and oxygen atoms in total. The van der Waals surface area contributed by atoms with Gasteiger partial charge in [-0.3, -0.25) is 0 Å². The van der Waals surface area contributed by atoms with Gasteiger partial charge in [0.15, 0.2) is 0 Å². The van der Waals surface area contributed by atoms with Crippen LogP contribution in [0.15, 0.2) is 18.2 Å². The van der Waals surface area contributed by atoms with Crippen LogP contribution < -0.4 is 5.32 Å². The monoisotopic (exact) mass is 207 g/mol. The van der Waals surface area contributed by atoms with E-state index in [0.717, 1.165) is 30.7 Å². The number of ether oxygens (including phenoxy) is 1. The normalized spacial score (nSPS) is 21.5. The molecule has 0 aromatic heterocycles. The molecule has 1 aromatic carbocycles. The van der Waals surface area contributed by atoms with Crippen LogP contribution in [0.5, 0.6) is 5.75 Å². The van der Waals surface area contributed by atoms with Crippen molar-refractivity contribution < 1.29 is 9.84 Å². The molecule has 15 heavy (non-hydrogen) atoms. The standard InChI is InChI=1S/C12H17NO2/c1-2-9-4-3-5-10(12(9)14)11-8-15-7-6-13-11/h3-5,11,13-14H,2,6-8H2,1H3/t11-/m0/s1. The first-order valence-electron chi connectivity index (χ1n) is 5.44. The number of phenols is 1. The van der Waals surface area contributed by atoms with Crippen molar-refractivity contribution in [3.8, 4) is 5.75 Å². The number of phenolic OH excluding ortho intramolecular Hbond substituents is 1. The van der Waals surface area contributed by atoms with Crippen LogP contribution >= 0.6 is 0 Å². The number of rotatable bonds is 2. The molecule has 1 aliphatic rings. The van der Waals surface area contributed by atoms with Crippen LogP contribution in [0.4, 0.5) is 0 Å². The summed E-state index contributed by atoms with van der Waals surface area (Å²) >= 11 is 0. The van der Waals surface area contributed by atoms with Crippen LogP contribution in [0.3, 0.4) is 0 Å². The van der Waals surface area contributed by atoms with Gasteiger partial charge in [0.2, 0.25) is 0 Å². The summed E-state index contributed by atoms with van der Waals surface area (Å²) in [5.74, 6) is 0.419. The predicted octanol–water partition coefficient (Wildman–Crippen LogP) is 1.62. The average molecular weight is 207 g/mol. The van der Waals surface area contributed by atoms with Crippen molar-refractivity contribution in [2.45, 2.75) is 19.4 Å². The van der Waals surface area contributed by atoms with E-state index in [2.05, 4.69) is 5.32 Å². The minimum Gasteiger partial charge on any atom is -0.507 e. The predicted molar refractivity (Wildman–Crippen MR) is 59.0 cm³/mol. The molecule has 1 fully saturated rings. The van der Waals surface area contributed by atoms with Crippen molar-refractivity contribution in [3.63, 3.8) is 0 Å². The molecule has 82 valence electrons. The summed E-state index contributed by atoms with van der Waals surface area (Å²) in [6.45, 7) is 4.29. The molecule has 0 spiro atoms. The van der Waals surface area contributed by atoms with E-state index in [1.807, 2.05) is 25.1 Å². The third-order valence-electron chi connectivity index (χ3n) is 2.83. The number of aryl methyl sites for hydroxylation is 1. The fourth-order valence-corrected chi connectivity index (χ4v) is 1.94. The summed E-state index contributed by atoms with van der Waals surface area (Å²) in [5, 5.41) is 13.4. The fourth-order valence-electron chi connectivity index (χ4n) is 1.94. The Morgan fingerprint density at radius 2 is 2.40 bits per heavy atom. The zero-order valence-corrected chi connectivity index (χ0v) is 8.99. The first-order chi connectivity index (χ1) is 7.33. The highest BCUT2D eigenvalue weighted by atomic mass is 16.5. The summed E-state index contributed by atoms with van der Waals surface area (Å²) in [5.41, 5.74) is 1.95. The molecule has 0 saturated carbocycles. The highest BCUT2D eigenvalue weighted by molar-refractivity contribution is 5.42. The lowest BCUT2D eigenvalue weighted by Crippen LogP contribution is -2.34. The van der Waals surface area contributed by atoms with Gasteiger partial charge < -0.3 is 15.2 Å².